The third-order valence-corrected chi connectivity index (χ3v) is 4.31. The van der Waals surface area contributed by atoms with Crippen LogP contribution in [0.3, 0.4) is 0 Å². The third-order valence-electron chi connectivity index (χ3n) is 3.16. The predicted octanol–water partition coefficient (Wildman–Crippen LogP) is 4.19. The van der Waals surface area contributed by atoms with Crippen LogP contribution in [0.1, 0.15) is 21.2 Å². The lowest BCUT2D eigenvalue weighted by atomic mass is 10.0. The van der Waals surface area contributed by atoms with Crippen molar-refractivity contribution in [3.05, 3.63) is 90.3 Å². The standard InChI is InChI=1S/C18H14N2OS/c21-16(14-8-3-1-4-9-14)17(15-10-5-2-6-11-15)22-18-19-12-7-13-20-18/h1-13,17H/t17-/m1/s1. The number of ketones is 1. The Kier molecular flexibility index (Phi) is 4.61. The number of carbonyl (C=O) groups is 1. The van der Waals surface area contributed by atoms with Crippen LogP contribution in [0.25, 0.3) is 0 Å². The first kappa shape index (κ1) is 14.5. The van der Waals surface area contributed by atoms with E-state index in [1.807, 2.05) is 60.7 Å². The number of rotatable bonds is 5. The van der Waals surface area contributed by atoms with Gasteiger partial charge in [0.15, 0.2) is 10.9 Å². The van der Waals surface area contributed by atoms with Crippen molar-refractivity contribution in [2.24, 2.45) is 0 Å². The number of Topliss-reactive ketones (excluding diaryl/α,β-unsaturated/α-hetero) is 1. The van der Waals surface area contributed by atoms with Gasteiger partial charge < -0.3 is 0 Å². The Balaban J connectivity index is 1.95. The molecular formula is C18H14N2OS. The zero-order chi connectivity index (χ0) is 15.2. The lowest BCUT2D eigenvalue weighted by Crippen LogP contribution is -2.10. The second-order valence-corrected chi connectivity index (χ2v) is 5.74. The molecule has 0 aliphatic carbocycles. The highest BCUT2D eigenvalue weighted by Crippen LogP contribution is 2.35. The zero-order valence-electron chi connectivity index (χ0n) is 11.8. The Hall–Kier alpha value is -2.46. The Labute approximate surface area is 133 Å². The number of carbonyl (C=O) groups excluding carboxylic acids is 1. The minimum Gasteiger partial charge on any atom is -0.293 e. The number of thioether (sulfide) groups is 1. The van der Waals surface area contributed by atoms with Crippen LogP contribution in [-0.2, 0) is 0 Å². The molecule has 0 aliphatic rings. The normalized spacial score (nSPS) is 11.8. The molecule has 0 amide bonds. The molecule has 3 nitrogen and oxygen atoms in total. The maximum Gasteiger partial charge on any atom is 0.188 e. The van der Waals surface area contributed by atoms with E-state index in [1.54, 1.807) is 18.5 Å². The van der Waals surface area contributed by atoms with Crippen LogP contribution in [0, 0.1) is 0 Å². The van der Waals surface area contributed by atoms with Crippen molar-refractivity contribution in [1.29, 1.82) is 0 Å². The van der Waals surface area contributed by atoms with E-state index in [4.69, 9.17) is 0 Å². The predicted molar refractivity (Wildman–Crippen MR) is 87.8 cm³/mol. The molecule has 2 aromatic carbocycles. The number of aromatic nitrogens is 2. The minimum absolute atomic E-state index is 0.0595. The van der Waals surface area contributed by atoms with Gasteiger partial charge in [0, 0.05) is 18.0 Å². The van der Waals surface area contributed by atoms with Gasteiger partial charge in [0.05, 0.1) is 0 Å². The first-order valence-electron chi connectivity index (χ1n) is 6.92. The molecule has 0 spiro atoms. The first-order chi connectivity index (χ1) is 10.8. The van der Waals surface area contributed by atoms with E-state index in [2.05, 4.69) is 9.97 Å². The highest BCUT2D eigenvalue weighted by molar-refractivity contribution is 8.00. The smallest absolute Gasteiger partial charge is 0.188 e. The summed E-state index contributed by atoms with van der Waals surface area (Å²) < 4.78 is 0. The molecule has 0 bridgehead atoms. The Bertz CT molecular complexity index is 733. The summed E-state index contributed by atoms with van der Waals surface area (Å²) in [5.41, 5.74) is 1.65. The van der Waals surface area contributed by atoms with Crippen LogP contribution >= 0.6 is 11.8 Å². The summed E-state index contributed by atoms with van der Waals surface area (Å²) in [5, 5.41) is 0.242. The van der Waals surface area contributed by atoms with Crippen molar-refractivity contribution in [3.63, 3.8) is 0 Å². The molecule has 0 N–H and O–H groups in total. The van der Waals surface area contributed by atoms with Gasteiger partial charge in [0.2, 0.25) is 0 Å². The van der Waals surface area contributed by atoms with E-state index < -0.39 is 0 Å². The van der Waals surface area contributed by atoms with Gasteiger partial charge in [-0.25, -0.2) is 9.97 Å². The average molecular weight is 306 g/mol. The van der Waals surface area contributed by atoms with Crippen molar-refractivity contribution in [2.75, 3.05) is 0 Å². The molecule has 3 aromatic rings. The van der Waals surface area contributed by atoms with Gasteiger partial charge in [-0.05, 0) is 11.6 Å². The van der Waals surface area contributed by atoms with Crippen LogP contribution < -0.4 is 0 Å². The molecular weight excluding hydrogens is 292 g/mol. The highest BCUT2D eigenvalue weighted by atomic mass is 32.2. The minimum atomic E-state index is -0.356. The van der Waals surface area contributed by atoms with Crippen LogP contribution in [-0.4, -0.2) is 15.8 Å². The van der Waals surface area contributed by atoms with E-state index in [1.165, 1.54) is 11.8 Å². The average Bonchev–Trinajstić information content (AvgIpc) is 2.61. The third kappa shape index (κ3) is 3.40. The monoisotopic (exact) mass is 306 g/mol. The molecule has 4 heteroatoms. The molecule has 0 radical (unpaired) electrons. The molecule has 0 aliphatic heterocycles. The first-order valence-corrected chi connectivity index (χ1v) is 7.80. The molecule has 3 rings (SSSR count). The summed E-state index contributed by atoms with van der Waals surface area (Å²) in [7, 11) is 0. The van der Waals surface area contributed by atoms with E-state index >= 15 is 0 Å². The second-order valence-electron chi connectivity index (χ2n) is 4.67. The Morgan fingerprint density at radius 2 is 1.41 bits per heavy atom. The van der Waals surface area contributed by atoms with Gasteiger partial charge >= 0.3 is 0 Å². The lowest BCUT2D eigenvalue weighted by Gasteiger charge is -2.15. The zero-order valence-corrected chi connectivity index (χ0v) is 12.6. The van der Waals surface area contributed by atoms with Gasteiger partial charge in [0.1, 0.15) is 5.25 Å². The van der Waals surface area contributed by atoms with Crippen molar-refractivity contribution < 1.29 is 4.79 Å². The topological polar surface area (TPSA) is 42.9 Å². The molecule has 1 aromatic heterocycles. The maximum absolute atomic E-state index is 12.9. The van der Waals surface area contributed by atoms with Crippen LogP contribution in [0.2, 0.25) is 0 Å². The molecule has 0 unspecified atom stereocenters. The SMILES string of the molecule is O=C(c1ccccc1)[C@H](Sc1ncccn1)c1ccccc1. The molecule has 1 heterocycles. The van der Waals surface area contributed by atoms with Crippen molar-refractivity contribution in [2.45, 2.75) is 10.4 Å². The number of nitrogens with zero attached hydrogens (tertiary/aromatic N) is 2. The molecule has 108 valence electrons. The fourth-order valence-electron chi connectivity index (χ4n) is 2.11. The second kappa shape index (κ2) is 7.00. The largest absolute Gasteiger partial charge is 0.293 e. The van der Waals surface area contributed by atoms with E-state index in [9.17, 15) is 4.79 Å². The molecule has 1 atom stereocenters. The summed E-state index contributed by atoms with van der Waals surface area (Å²) in [6.07, 6.45) is 3.37. The van der Waals surface area contributed by atoms with Crippen LogP contribution in [0.5, 0.6) is 0 Å². The lowest BCUT2D eigenvalue weighted by molar-refractivity contribution is 0.0989. The van der Waals surface area contributed by atoms with E-state index in [0.29, 0.717) is 10.7 Å². The maximum atomic E-state index is 12.9. The van der Waals surface area contributed by atoms with Crippen LogP contribution in [0.15, 0.2) is 84.3 Å². The fourth-order valence-corrected chi connectivity index (χ4v) is 3.10. The summed E-state index contributed by atoms with van der Waals surface area (Å²) in [5.74, 6) is 0.0595. The highest BCUT2D eigenvalue weighted by Gasteiger charge is 2.24. The number of hydrogen-bond acceptors (Lipinski definition) is 4. The van der Waals surface area contributed by atoms with E-state index in [-0.39, 0.29) is 11.0 Å². The summed E-state index contributed by atoms with van der Waals surface area (Å²) in [6, 6.07) is 20.8. The van der Waals surface area contributed by atoms with Gasteiger partial charge in [-0.2, -0.15) is 0 Å². The van der Waals surface area contributed by atoms with Crippen molar-refractivity contribution in [3.8, 4) is 0 Å². The van der Waals surface area contributed by atoms with Gasteiger partial charge in [0.25, 0.3) is 0 Å². The fraction of sp³-hybridized carbons (Fsp3) is 0.0556. The summed E-state index contributed by atoms with van der Waals surface area (Å²) in [4.78, 5) is 21.3. The number of benzene rings is 2. The Morgan fingerprint density at radius 1 is 0.818 bits per heavy atom. The van der Waals surface area contributed by atoms with Gasteiger partial charge in [-0.3, -0.25) is 4.79 Å². The van der Waals surface area contributed by atoms with E-state index in [0.717, 1.165) is 5.56 Å². The quantitative estimate of drug-likeness (QED) is 0.403. The summed E-state index contributed by atoms with van der Waals surface area (Å²) in [6.45, 7) is 0. The molecule has 0 saturated heterocycles. The van der Waals surface area contributed by atoms with Crippen LogP contribution in [0.4, 0.5) is 0 Å². The molecule has 0 saturated carbocycles. The number of hydrogen-bond donors (Lipinski definition) is 0. The molecule has 0 fully saturated rings. The summed E-state index contributed by atoms with van der Waals surface area (Å²) >= 11 is 1.37. The van der Waals surface area contributed by atoms with Crippen molar-refractivity contribution in [1.82, 2.24) is 9.97 Å². The Morgan fingerprint density at radius 3 is 2.05 bits per heavy atom. The van der Waals surface area contributed by atoms with Gasteiger partial charge in [-0.15, -0.1) is 0 Å². The molecule has 22 heavy (non-hydrogen) atoms. The van der Waals surface area contributed by atoms with Gasteiger partial charge in [-0.1, -0.05) is 72.4 Å². The van der Waals surface area contributed by atoms with Crippen molar-refractivity contribution >= 4 is 17.5 Å².